The maximum absolute atomic E-state index is 12.0. The van der Waals surface area contributed by atoms with Crippen LogP contribution in [0, 0.1) is 0 Å². The van der Waals surface area contributed by atoms with Crippen molar-refractivity contribution in [2.75, 3.05) is 9.80 Å². The van der Waals surface area contributed by atoms with Gasteiger partial charge in [-0.3, -0.25) is 0 Å². The van der Waals surface area contributed by atoms with E-state index >= 15 is 0 Å². The van der Waals surface area contributed by atoms with Crippen molar-refractivity contribution in [2.24, 2.45) is 0 Å². The van der Waals surface area contributed by atoms with Gasteiger partial charge in [-0.05, 0) is 213 Å². The second kappa shape index (κ2) is 27.1. The lowest BCUT2D eigenvalue weighted by Crippen LogP contribution is -2.61. The van der Waals surface area contributed by atoms with E-state index in [4.69, 9.17) is 0 Å². The highest BCUT2D eigenvalue weighted by Gasteiger charge is 2.47. The fraction of sp³-hybridized carbons (Fsp3) is 0.182. The van der Waals surface area contributed by atoms with Crippen LogP contribution in [-0.2, 0) is 27.1 Å². The van der Waals surface area contributed by atoms with Crippen molar-refractivity contribution in [1.29, 1.82) is 0 Å². The summed E-state index contributed by atoms with van der Waals surface area (Å²) in [6.07, 6.45) is 0. The number of benzene rings is 15. The maximum Gasteiger partial charge on any atom is 0.252 e. The zero-order valence-corrected chi connectivity index (χ0v) is 66.9. The first-order valence-electron chi connectivity index (χ1n) is 52.9. The summed E-state index contributed by atoms with van der Waals surface area (Å²) in [5.41, 5.74) is -2.92. The van der Waals surface area contributed by atoms with Gasteiger partial charge in [0.15, 0.2) is 0 Å². The normalized spacial score (nSPS) is 16.5. The molecule has 0 N–H and O–H groups in total. The van der Waals surface area contributed by atoms with Crippen LogP contribution in [0.4, 0.5) is 34.1 Å². The van der Waals surface area contributed by atoms with Gasteiger partial charge in [0, 0.05) is 77.9 Å². The van der Waals surface area contributed by atoms with Gasteiger partial charge in [-0.2, -0.15) is 0 Å². The second-order valence-electron chi connectivity index (χ2n) is 35.1. The van der Waals surface area contributed by atoms with E-state index in [1.807, 2.05) is 164 Å². The number of fused-ring (bicyclic) bond motifs is 10. The molecule has 4 heterocycles. The average molecular weight is 1520 g/mol. The van der Waals surface area contributed by atoms with Crippen molar-refractivity contribution in [3.05, 3.63) is 355 Å². The number of rotatable bonds is 10. The summed E-state index contributed by atoms with van der Waals surface area (Å²) in [4.78, 5) is 3.69. The number of aromatic nitrogens is 2. The van der Waals surface area contributed by atoms with E-state index in [-0.39, 0.29) is 50.3 Å². The predicted molar refractivity (Wildman–Crippen MR) is 495 cm³/mol. The van der Waals surface area contributed by atoms with E-state index < -0.39 is 280 Å². The lowest BCUT2D eigenvalue weighted by atomic mass is 9.33. The third-order valence-corrected chi connectivity index (χ3v) is 22.2. The van der Waals surface area contributed by atoms with E-state index in [1.165, 1.54) is 0 Å². The Balaban J connectivity index is 1.07. The SMILES string of the molecule is [2H]c1c([2H])c(-n2c3c([2H])c([2H])c([2H])c([2H])c3c3c([2H])c(-c4c([2H])c([2H])c(C(C)(C)C)c([2H])c4[2H])c([2H])c([2H])c32)c([2H])c2c1B1c3c(cc(C(C)(C)C)cc3N(c3c(-c4ccccc4)cc(C(C)(C)C)cc3-c3ccccc3)c3c([2H])c(-n4c5c([2H])c([2H])c([2H])c([2H])c5c5c([2H])c(-c6c([2H])c([2H])c(C(C)(C)C)c([2H])c6[2H])c([2H])c([2H])c54)c([2H])c([2H])c31)N2c1c(-c2ccccc2)cc(C(C)(C)C)cc1-c1ccccc1. The number of hydrogen-bond donors (Lipinski definition) is 0. The summed E-state index contributed by atoms with van der Waals surface area (Å²) >= 11 is 0. The zero-order valence-electron chi connectivity index (χ0n) is 94.9. The van der Waals surface area contributed by atoms with E-state index in [0.717, 1.165) is 20.3 Å². The molecule has 115 heavy (non-hydrogen) atoms. The van der Waals surface area contributed by atoms with Gasteiger partial charge in [0.2, 0.25) is 0 Å². The fourth-order valence-electron chi connectivity index (χ4n) is 16.0. The standard InChI is InChI=1S/C110H99BN4/c1-106(2,3)78-50-44-70(45-51-78)76-48-58-97-91(60-76)85-40-28-30-42-95(85)112(97)83-54-56-93-99(68-83)114(104-87(72-32-20-16-21-33-72)62-80(108(7,8)9)63-88(104)73-34-22-17-23-35-73)101-66-82(110(13,14)15)67-102-103(101)111(93)94-57-55-84(113-96-43-31-29-41-86(96)92-61-77(49-59-98(92)113)71-46-52-79(53-47-71)107(4,5)6)69-100(94)115(102)105-89(74-36-24-18-25-37-74)64-81(109(10,11)12)65-90(105)75-38-26-19-27-39-75/h16-69H,1-15H3/i28D,29D,30D,31D,40D,41D,42D,43D,44D,45D,46D,47D,48D,49D,50D,51D,52D,53D,54D,55D,56D,57D,58D,59D,60D,61D,68D,69D. The Morgan fingerprint density at radius 1 is 0.252 bits per heavy atom. The van der Waals surface area contributed by atoms with Gasteiger partial charge >= 0.3 is 0 Å². The van der Waals surface area contributed by atoms with Crippen molar-refractivity contribution >= 4 is 101 Å². The molecule has 19 rings (SSSR count). The molecule has 2 aromatic heterocycles. The van der Waals surface area contributed by atoms with Crippen LogP contribution in [0.3, 0.4) is 0 Å². The van der Waals surface area contributed by atoms with E-state index in [0.29, 0.717) is 61.4 Å². The molecule has 0 atom stereocenters. The molecule has 0 amide bonds. The maximum atomic E-state index is 12.0. The Kier molecular flexibility index (Phi) is 11.3. The number of para-hydroxylation sites is 2. The molecule has 0 unspecified atom stereocenters. The van der Waals surface area contributed by atoms with E-state index in [1.54, 1.807) is 41.5 Å². The first-order chi connectivity index (χ1) is 66.9. The summed E-state index contributed by atoms with van der Waals surface area (Å²) in [5, 5.41) is -1.94. The van der Waals surface area contributed by atoms with Crippen LogP contribution in [0.1, 0.15) is 170 Å². The van der Waals surface area contributed by atoms with Gasteiger partial charge < -0.3 is 18.9 Å². The molecule has 562 valence electrons. The summed E-state index contributed by atoms with van der Waals surface area (Å²) in [7, 11) is 0. The molecular weight excluding hydrogens is 1390 g/mol. The highest BCUT2D eigenvalue weighted by molar-refractivity contribution is 7.00. The fourth-order valence-corrected chi connectivity index (χ4v) is 16.0. The first kappa shape index (κ1) is 47.9. The summed E-state index contributed by atoms with van der Waals surface area (Å²) < 4.78 is 290. The third kappa shape index (κ3) is 12.5. The first-order valence-corrected chi connectivity index (χ1v) is 38.9. The van der Waals surface area contributed by atoms with Crippen LogP contribution >= 0.6 is 0 Å². The minimum atomic E-state index is -1.77. The Labute approximate surface area is 719 Å². The number of nitrogens with zero attached hydrogens (tertiary/aromatic N) is 4. The molecule has 0 fully saturated rings. The molecule has 0 bridgehead atoms. The molecule has 4 nitrogen and oxygen atoms in total. The van der Waals surface area contributed by atoms with Crippen molar-refractivity contribution in [3.63, 3.8) is 0 Å². The molecule has 0 radical (unpaired) electrons. The van der Waals surface area contributed by atoms with Crippen LogP contribution < -0.4 is 26.2 Å². The minimum Gasteiger partial charge on any atom is -0.310 e. The topological polar surface area (TPSA) is 16.3 Å². The molecule has 15 aromatic carbocycles. The molecule has 0 aliphatic carbocycles. The summed E-state index contributed by atoms with van der Waals surface area (Å²) in [6, 6.07) is 28.8. The molecule has 17 aromatic rings. The molecule has 5 heteroatoms. The molecular formula is C110H99BN4. The number of hydrogen-bond acceptors (Lipinski definition) is 2. The Hall–Kier alpha value is -12.4. The van der Waals surface area contributed by atoms with E-state index in [2.05, 4.69) is 65.8 Å². The second-order valence-corrected chi connectivity index (χ2v) is 35.1. The largest absolute Gasteiger partial charge is 0.310 e. The summed E-state index contributed by atoms with van der Waals surface area (Å²) in [6.45, 7) is 26.8. The highest BCUT2D eigenvalue weighted by Crippen LogP contribution is 2.56. The Bertz CT molecular complexity index is 7830. The van der Waals surface area contributed by atoms with Crippen molar-refractivity contribution in [2.45, 2.75) is 131 Å². The van der Waals surface area contributed by atoms with Gasteiger partial charge in [0.25, 0.3) is 6.71 Å². The van der Waals surface area contributed by atoms with Gasteiger partial charge in [0.05, 0.1) is 71.8 Å². The quantitative estimate of drug-likeness (QED) is 0.127. The average Bonchev–Trinajstić information content (AvgIpc) is 1.39. The molecule has 0 saturated heterocycles. The zero-order chi connectivity index (χ0) is 104. The highest BCUT2D eigenvalue weighted by atomic mass is 15.2. The van der Waals surface area contributed by atoms with Crippen LogP contribution in [0.15, 0.2) is 327 Å². The van der Waals surface area contributed by atoms with Gasteiger partial charge in [-0.15, -0.1) is 0 Å². The molecule has 2 aliphatic heterocycles. The lowest BCUT2D eigenvalue weighted by molar-refractivity contribution is 0.590. The smallest absolute Gasteiger partial charge is 0.252 e. The van der Waals surface area contributed by atoms with Gasteiger partial charge in [0.1, 0.15) is 0 Å². The van der Waals surface area contributed by atoms with Crippen LogP contribution in [0.2, 0.25) is 0 Å². The number of anilines is 6. The monoisotopic (exact) mass is 1510 g/mol. The van der Waals surface area contributed by atoms with Crippen molar-refractivity contribution in [1.82, 2.24) is 9.13 Å². The van der Waals surface area contributed by atoms with Crippen LogP contribution in [0.5, 0.6) is 0 Å². The predicted octanol–water partition coefficient (Wildman–Crippen LogP) is 28.5. The van der Waals surface area contributed by atoms with Gasteiger partial charge in [-0.1, -0.05) is 334 Å². The minimum absolute atomic E-state index is 0.00490. The third-order valence-electron chi connectivity index (χ3n) is 22.2. The van der Waals surface area contributed by atoms with Crippen LogP contribution in [-0.4, -0.2) is 15.8 Å². The van der Waals surface area contributed by atoms with Gasteiger partial charge in [-0.25, -0.2) is 0 Å². The van der Waals surface area contributed by atoms with Crippen LogP contribution in [0.25, 0.3) is 122 Å². The van der Waals surface area contributed by atoms with Crippen molar-refractivity contribution < 1.29 is 38.4 Å². The Morgan fingerprint density at radius 3 is 0.870 bits per heavy atom. The van der Waals surface area contributed by atoms with E-state index in [9.17, 15) is 38.4 Å². The molecule has 0 spiro atoms. The molecule has 2 aliphatic rings. The summed E-state index contributed by atoms with van der Waals surface area (Å²) in [5.74, 6) is 0. The molecule has 0 saturated carbocycles. The lowest BCUT2D eigenvalue weighted by Gasteiger charge is -2.47. The van der Waals surface area contributed by atoms with Crippen molar-refractivity contribution in [3.8, 4) is 78.1 Å². The Morgan fingerprint density at radius 2 is 0.548 bits per heavy atom.